The Hall–Kier alpha value is -3.47. The Bertz CT molecular complexity index is 1240. The fourth-order valence-corrected chi connectivity index (χ4v) is 4.17. The molecule has 168 valence electrons. The molecule has 10 nitrogen and oxygen atoms in total. The molecule has 3 aromatic heterocycles. The predicted molar refractivity (Wildman–Crippen MR) is 116 cm³/mol. The summed E-state index contributed by atoms with van der Waals surface area (Å²) in [5.74, 6) is 0.441. The van der Waals surface area contributed by atoms with Crippen LogP contribution in [0.3, 0.4) is 0 Å². The highest BCUT2D eigenvalue weighted by Crippen LogP contribution is 2.29. The summed E-state index contributed by atoms with van der Waals surface area (Å²) in [6.45, 7) is 0. The number of halogens is 1. The van der Waals surface area contributed by atoms with Crippen LogP contribution in [0.2, 0.25) is 0 Å². The van der Waals surface area contributed by atoms with Crippen molar-refractivity contribution in [2.75, 3.05) is 17.7 Å². The third-order valence-electron chi connectivity index (χ3n) is 6.04. The van der Waals surface area contributed by atoms with Gasteiger partial charge in [-0.2, -0.15) is 9.61 Å². The van der Waals surface area contributed by atoms with E-state index < -0.39 is 24.2 Å². The number of aliphatic hydroxyl groups is 1. The van der Waals surface area contributed by atoms with Crippen LogP contribution < -0.4 is 21.5 Å². The molecule has 3 heterocycles. The van der Waals surface area contributed by atoms with Gasteiger partial charge in [-0.3, -0.25) is 9.59 Å². The van der Waals surface area contributed by atoms with Gasteiger partial charge in [-0.15, -0.1) is 0 Å². The number of hydrogen-bond donors (Lipinski definition) is 4. The predicted octanol–water partition coefficient (Wildman–Crippen LogP) is 1.60. The average Bonchev–Trinajstić information content (AvgIpc) is 3.14. The smallest absolute Gasteiger partial charge is 0.274 e. The summed E-state index contributed by atoms with van der Waals surface area (Å²) in [7, 11) is 1.70. The third kappa shape index (κ3) is 3.58. The number of fused-ring (bicyclic) bond motifs is 1. The largest absolute Gasteiger partial charge is 0.391 e. The van der Waals surface area contributed by atoms with Crippen LogP contribution in [-0.4, -0.2) is 55.5 Å². The van der Waals surface area contributed by atoms with E-state index in [4.69, 9.17) is 0 Å². The lowest BCUT2D eigenvalue weighted by atomic mass is 10.2. The molecule has 3 aromatic rings. The molecule has 2 aliphatic carbocycles. The molecule has 0 aliphatic heterocycles. The molecule has 1 amide bonds. The molecular formula is C21H24FN7O3. The second-order valence-electron chi connectivity index (χ2n) is 8.23. The summed E-state index contributed by atoms with van der Waals surface area (Å²) in [6, 6.07) is 4.33. The molecular weight excluding hydrogens is 417 g/mol. The van der Waals surface area contributed by atoms with Crippen LogP contribution in [0.5, 0.6) is 0 Å². The minimum atomic E-state index is -1.02. The van der Waals surface area contributed by atoms with E-state index in [0.29, 0.717) is 30.2 Å². The second kappa shape index (κ2) is 7.90. The summed E-state index contributed by atoms with van der Waals surface area (Å²) in [5.41, 5.74) is 0.522. The molecule has 0 aromatic carbocycles. The molecule has 2 aliphatic rings. The van der Waals surface area contributed by atoms with Gasteiger partial charge in [0, 0.05) is 25.7 Å². The highest BCUT2D eigenvalue weighted by Gasteiger charge is 2.39. The summed E-state index contributed by atoms with van der Waals surface area (Å²) in [4.78, 5) is 30.1. The Labute approximate surface area is 182 Å². The molecule has 0 unspecified atom stereocenters. The van der Waals surface area contributed by atoms with Crippen molar-refractivity contribution in [3.05, 3.63) is 46.5 Å². The molecule has 4 atom stereocenters. The zero-order valence-electron chi connectivity index (χ0n) is 17.5. The van der Waals surface area contributed by atoms with Crippen molar-refractivity contribution in [1.82, 2.24) is 24.5 Å². The average molecular weight is 441 g/mol. The number of carbonyl (C=O) groups is 1. The van der Waals surface area contributed by atoms with Crippen molar-refractivity contribution in [1.29, 1.82) is 0 Å². The number of hydrogen-bond acceptors (Lipinski definition) is 7. The zero-order valence-corrected chi connectivity index (χ0v) is 17.5. The van der Waals surface area contributed by atoms with Crippen molar-refractivity contribution >= 4 is 28.9 Å². The Kier molecular flexibility index (Phi) is 5.04. The first-order valence-electron chi connectivity index (χ1n) is 10.6. The minimum absolute atomic E-state index is 0.212. The lowest BCUT2D eigenvalue weighted by molar-refractivity contribution is 0.0949. The molecule has 2 saturated carbocycles. The Balaban J connectivity index is 1.49. The molecule has 0 radical (unpaired) electrons. The van der Waals surface area contributed by atoms with Gasteiger partial charge in [0.15, 0.2) is 5.65 Å². The third-order valence-corrected chi connectivity index (χ3v) is 6.04. The molecule has 5 rings (SSSR count). The van der Waals surface area contributed by atoms with Gasteiger partial charge >= 0.3 is 0 Å². The maximum Gasteiger partial charge on any atom is 0.274 e. The molecule has 4 N–H and O–H groups in total. The van der Waals surface area contributed by atoms with Crippen LogP contribution in [0.15, 0.2) is 35.4 Å². The number of alkyl halides is 1. The van der Waals surface area contributed by atoms with Gasteiger partial charge < -0.3 is 25.6 Å². The summed E-state index contributed by atoms with van der Waals surface area (Å²) >= 11 is 0. The quantitative estimate of drug-likeness (QED) is 0.458. The van der Waals surface area contributed by atoms with Crippen LogP contribution in [0.4, 0.5) is 21.7 Å². The number of nitrogens with one attached hydrogen (secondary N) is 3. The van der Waals surface area contributed by atoms with Crippen LogP contribution in [0.1, 0.15) is 42.1 Å². The highest BCUT2D eigenvalue weighted by atomic mass is 19.1. The van der Waals surface area contributed by atoms with E-state index in [0.717, 1.165) is 12.8 Å². The maximum absolute atomic E-state index is 13.2. The molecule has 2 fully saturated rings. The highest BCUT2D eigenvalue weighted by molar-refractivity contribution is 6.00. The zero-order chi connectivity index (χ0) is 22.4. The Morgan fingerprint density at radius 1 is 1.34 bits per heavy atom. The number of amides is 1. The van der Waals surface area contributed by atoms with E-state index in [1.807, 2.05) is 0 Å². The van der Waals surface area contributed by atoms with Gasteiger partial charge in [-0.1, -0.05) is 0 Å². The number of anilines is 3. The van der Waals surface area contributed by atoms with Gasteiger partial charge in [0.1, 0.15) is 29.1 Å². The monoisotopic (exact) mass is 441 g/mol. The molecule has 0 bridgehead atoms. The van der Waals surface area contributed by atoms with Crippen LogP contribution in [0, 0.1) is 0 Å². The van der Waals surface area contributed by atoms with Crippen molar-refractivity contribution in [2.45, 2.75) is 50.0 Å². The standard InChI is InChI=1S/C21H24FN7O3/c1-23-18-9-17(25-13-4-3-7-28(21(13)32)15-5-2-6-16(15)30)27-19-11(10-24-29(18)19)20(31)26-14-8-12(14)22/h3-4,7,9-10,12,14-16,23,30H,2,5-6,8H2,1H3,(H,25,27)(H,26,31)/t12-,14+,15+,16-/m0/s1. The van der Waals surface area contributed by atoms with E-state index in [9.17, 15) is 19.1 Å². The number of aliphatic hydroxyl groups excluding tert-OH is 1. The van der Waals surface area contributed by atoms with Gasteiger partial charge in [-0.25, -0.2) is 9.37 Å². The van der Waals surface area contributed by atoms with Crippen molar-refractivity contribution < 1.29 is 14.3 Å². The van der Waals surface area contributed by atoms with Crippen molar-refractivity contribution in [3.63, 3.8) is 0 Å². The van der Waals surface area contributed by atoms with Gasteiger partial charge in [0.05, 0.1) is 24.4 Å². The van der Waals surface area contributed by atoms with Gasteiger partial charge in [-0.05, 0) is 31.4 Å². The lowest BCUT2D eigenvalue weighted by Crippen LogP contribution is -2.30. The molecule has 0 saturated heterocycles. The first-order valence-corrected chi connectivity index (χ1v) is 10.6. The lowest BCUT2D eigenvalue weighted by Gasteiger charge is -2.19. The maximum atomic E-state index is 13.2. The number of carbonyl (C=O) groups excluding carboxylic acids is 1. The normalized spacial score (nSPS) is 24.5. The number of nitrogens with zero attached hydrogens (tertiary/aromatic N) is 4. The van der Waals surface area contributed by atoms with Crippen molar-refractivity contribution in [2.24, 2.45) is 0 Å². The van der Waals surface area contributed by atoms with Gasteiger partial charge in [0.2, 0.25) is 0 Å². The summed E-state index contributed by atoms with van der Waals surface area (Å²) in [6.07, 6.45) is 4.10. The molecule has 0 spiro atoms. The summed E-state index contributed by atoms with van der Waals surface area (Å²) in [5, 5.41) is 23.1. The van der Waals surface area contributed by atoms with Crippen molar-refractivity contribution in [3.8, 4) is 0 Å². The SMILES string of the molecule is CNc1cc(Nc2cccn([C@@H]3CCC[C@@H]3O)c2=O)nc2c(C(=O)N[C@@H]3C[C@@H]3F)cnn12. The topological polar surface area (TPSA) is 126 Å². The van der Waals surface area contributed by atoms with E-state index in [1.54, 1.807) is 36.0 Å². The van der Waals surface area contributed by atoms with Gasteiger partial charge in [0.25, 0.3) is 11.5 Å². The fourth-order valence-electron chi connectivity index (χ4n) is 4.17. The number of rotatable bonds is 6. The van der Waals surface area contributed by atoms with Crippen LogP contribution >= 0.6 is 0 Å². The second-order valence-corrected chi connectivity index (χ2v) is 8.23. The first kappa shape index (κ1) is 20.4. The first-order chi connectivity index (χ1) is 15.5. The minimum Gasteiger partial charge on any atom is -0.391 e. The van der Waals surface area contributed by atoms with E-state index in [-0.39, 0.29) is 22.8 Å². The Morgan fingerprint density at radius 3 is 2.84 bits per heavy atom. The number of pyridine rings is 1. The van der Waals surface area contributed by atoms with E-state index in [2.05, 4.69) is 26.0 Å². The van der Waals surface area contributed by atoms with Crippen LogP contribution in [-0.2, 0) is 0 Å². The van der Waals surface area contributed by atoms with E-state index >= 15 is 0 Å². The van der Waals surface area contributed by atoms with Crippen LogP contribution in [0.25, 0.3) is 5.65 Å². The van der Waals surface area contributed by atoms with E-state index in [1.165, 1.54) is 10.7 Å². The molecule has 11 heteroatoms. The number of aromatic nitrogens is 4. The molecule has 32 heavy (non-hydrogen) atoms. The summed E-state index contributed by atoms with van der Waals surface area (Å²) < 4.78 is 16.2. The fraction of sp³-hybridized carbons (Fsp3) is 0.429. The Morgan fingerprint density at radius 2 is 2.16 bits per heavy atom.